The molecule has 3 aromatic rings. The number of benzene rings is 1. The Hall–Kier alpha value is -2.24. The lowest BCUT2D eigenvalue weighted by molar-refractivity contribution is 0.0946. The highest BCUT2D eigenvalue weighted by molar-refractivity contribution is 7.13. The summed E-state index contributed by atoms with van der Waals surface area (Å²) in [7, 11) is 0. The molecule has 2 aromatic heterocycles. The molecule has 0 bridgehead atoms. The summed E-state index contributed by atoms with van der Waals surface area (Å²) in [5.74, 6) is -0.201. The number of rotatable bonds is 4. The number of nitrogens with one attached hydrogen (secondary N) is 1. The number of hydrogen-bond donors (Lipinski definition) is 1. The number of thiazole rings is 1. The zero-order valence-corrected chi connectivity index (χ0v) is 13.1. The van der Waals surface area contributed by atoms with Gasteiger partial charge < -0.3 is 5.32 Å². The number of nitrogens with zero attached hydrogens (tertiary/aromatic N) is 2. The molecule has 4 nitrogen and oxygen atoms in total. The molecule has 110 valence electrons. The van der Waals surface area contributed by atoms with Crippen LogP contribution in [0.1, 0.15) is 16.1 Å². The van der Waals surface area contributed by atoms with E-state index in [1.165, 1.54) is 11.3 Å². The Morgan fingerprint density at radius 1 is 1.18 bits per heavy atom. The smallest absolute Gasteiger partial charge is 0.271 e. The highest BCUT2D eigenvalue weighted by Crippen LogP contribution is 2.21. The molecule has 1 aromatic carbocycles. The van der Waals surface area contributed by atoms with E-state index in [0.717, 1.165) is 16.3 Å². The molecule has 2 heterocycles. The minimum atomic E-state index is -0.201. The number of halogens is 1. The van der Waals surface area contributed by atoms with Crippen molar-refractivity contribution in [1.29, 1.82) is 0 Å². The summed E-state index contributed by atoms with van der Waals surface area (Å²) >= 11 is 7.23. The van der Waals surface area contributed by atoms with E-state index in [-0.39, 0.29) is 5.91 Å². The maximum absolute atomic E-state index is 12.1. The highest BCUT2D eigenvalue weighted by Gasteiger charge is 2.12. The first-order valence-corrected chi connectivity index (χ1v) is 7.88. The van der Waals surface area contributed by atoms with E-state index in [4.69, 9.17) is 11.6 Å². The number of pyridine rings is 1. The summed E-state index contributed by atoms with van der Waals surface area (Å²) in [5, 5.41) is 5.99. The number of carbonyl (C=O) groups excluding carboxylic acids is 1. The van der Waals surface area contributed by atoms with E-state index in [0.29, 0.717) is 17.3 Å². The van der Waals surface area contributed by atoms with Gasteiger partial charge in [0.25, 0.3) is 5.91 Å². The Bertz CT molecular complexity index is 772. The van der Waals surface area contributed by atoms with Crippen LogP contribution < -0.4 is 5.32 Å². The summed E-state index contributed by atoms with van der Waals surface area (Å²) in [6.45, 7) is 0.437. The van der Waals surface area contributed by atoms with Crippen molar-refractivity contribution in [3.05, 3.63) is 70.3 Å². The normalized spacial score (nSPS) is 10.4. The van der Waals surface area contributed by atoms with Crippen LogP contribution in [0.3, 0.4) is 0 Å². The quantitative estimate of drug-likeness (QED) is 0.792. The summed E-state index contributed by atoms with van der Waals surface area (Å²) in [6.07, 6.45) is 1.71. The second-order valence-electron chi connectivity index (χ2n) is 4.56. The van der Waals surface area contributed by atoms with Gasteiger partial charge in [-0.2, -0.15) is 0 Å². The van der Waals surface area contributed by atoms with Crippen molar-refractivity contribution in [2.45, 2.75) is 6.54 Å². The lowest BCUT2D eigenvalue weighted by Gasteiger charge is -2.03. The first-order chi connectivity index (χ1) is 10.7. The maximum Gasteiger partial charge on any atom is 0.271 e. The maximum atomic E-state index is 12.1. The van der Waals surface area contributed by atoms with Gasteiger partial charge in [-0.25, -0.2) is 4.98 Å². The van der Waals surface area contributed by atoms with Crippen LogP contribution in [0.4, 0.5) is 0 Å². The van der Waals surface area contributed by atoms with Gasteiger partial charge in [0, 0.05) is 23.1 Å². The molecule has 0 aliphatic rings. The second kappa shape index (κ2) is 6.68. The average Bonchev–Trinajstić information content (AvgIpc) is 3.05. The SMILES string of the molecule is O=C(NCc1ccc(Cl)cc1)c1csc(-c2ccccn2)n1. The molecule has 0 radical (unpaired) electrons. The predicted molar refractivity (Wildman–Crippen MR) is 88.0 cm³/mol. The Labute approximate surface area is 136 Å². The fourth-order valence-corrected chi connectivity index (χ4v) is 2.76. The van der Waals surface area contributed by atoms with Crippen molar-refractivity contribution < 1.29 is 4.79 Å². The number of hydrogen-bond acceptors (Lipinski definition) is 4. The summed E-state index contributed by atoms with van der Waals surface area (Å²) in [6, 6.07) is 13.0. The zero-order chi connectivity index (χ0) is 15.4. The molecule has 0 aliphatic heterocycles. The van der Waals surface area contributed by atoms with E-state index >= 15 is 0 Å². The Kier molecular flexibility index (Phi) is 4.46. The minimum absolute atomic E-state index is 0.201. The van der Waals surface area contributed by atoms with Crippen LogP contribution in [0.15, 0.2) is 54.0 Å². The molecule has 0 spiro atoms. The van der Waals surface area contributed by atoms with Gasteiger partial charge in [-0.05, 0) is 29.8 Å². The van der Waals surface area contributed by atoms with Gasteiger partial charge in [-0.3, -0.25) is 9.78 Å². The largest absolute Gasteiger partial charge is 0.347 e. The minimum Gasteiger partial charge on any atom is -0.347 e. The molecule has 0 unspecified atom stereocenters. The predicted octanol–water partition coefficient (Wildman–Crippen LogP) is 3.79. The van der Waals surface area contributed by atoms with Crippen LogP contribution in [0.25, 0.3) is 10.7 Å². The third-order valence-corrected chi connectivity index (χ3v) is 4.10. The molecule has 22 heavy (non-hydrogen) atoms. The molecule has 0 saturated carbocycles. The topological polar surface area (TPSA) is 54.9 Å². The monoisotopic (exact) mass is 329 g/mol. The van der Waals surface area contributed by atoms with Gasteiger partial charge >= 0.3 is 0 Å². The molecular weight excluding hydrogens is 318 g/mol. The van der Waals surface area contributed by atoms with Crippen LogP contribution in [-0.2, 0) is 6.54 Å². The fraction of sp³-hybridized carbons (Fsp3) is 0.0625. The fourth-order valence-electron chi connectivity index (χ4n) is 1.86. The highest BCUT2D eigenvalue weighted by atomic mass is 35.5. The van der Waals surface area contributed by atoms with Gasteiger partial charge in [0.05, 0.1) is 5.69 Å². The van der Waals surface area contributed by atoms with Crippen molar-refractivity contribution in [2.24, 2.45) is 0 Å². The number of carbonyl (C=O) groups is 1. The number of aromatic nitrogens is 2. The molecule has 3 rings (SSSR count). The van der Waals surface area contributed by atoms with Gasteiger partial charge in [-0.1, -0.05) is 29.8 Å². The molecule has 0 atom stereocenters. The molecule has 0 saturated heterocycles. The zero-order valence-electron chi connectivity index (χ0n) is 11.5. The van der Waals surface area contributed by atoms with E-state index in [1.54, 1.807) is 23.7 Å². The lowest BCUT2D eigenvalue weighted by atomic mass is 10.2. The Morgan fingerprint density at radius 3 is 2.73 bits per heavy atom. The van der Waals surface area contributed by atoms with Gasteiger partial charge in [0.2, 0.25) is 0 Å². The standard InChI is InChI=1S/C16H12ClN3OS/c17-12-6-4-11(5-7-12)9-19-15(21)14-10-22-16(20-14)13-3-1-2-8-18-13/h1-8,10H,9H2,(H,19,21). The molecule has 1 amide bonds. The number of amides is 1. The van der Waals surface area contributed by atoms with Crippen LogP contribution in [0.2, 0.25) is 5.02 Å². The van der Waals surface area contributed by atoms with Crippen molar-refractivity contribution in [2.75, 3.05) is 0 Å². The Morgan fingerprint density at radius 2 is 2.00 bits per heavy atom. The summed E-state index contributed by atoms with van der Waals surface area (Å²) in [4.78, 5) is 20.7. The second-order valence-corrected chi connectivity index (χ2v) is 5.86. The Balaban J connectivity index is 1.66. The first kappa shape index (κ1) is 14.7. The van der Waals surface area contributed by atoms with Crippen LogP contribution in [-0.4, -0.2) is 15.9 Å². The van der Waals surface area contributed by atoms with Crippen LogP contribution in [0.5, 0.6) is 0 Å². The third kappa shape index (κ3) is 3.50. The van der Waals surface area contributed by atoms with Crippen LogP contribution in [0, 0.1) is 0 Å². The van der Waals surface area contributed by atoms with E-state index in [1.807, 2.05) is 30.3 Å². The summed E-state index contributed by atoms with van der Waals surface area (Å²) in [5.41, 5.74) is 2.15. The van der Waals surface area contributed by atoms with Crippen LogP contribution >= 0.6 is 22.9 Å². The van der Waals surface area contributed by atoms with Crippen molar-refractivity contribution in [3.63, 3.8) is 0 Å². The average molecular weight is 330 g/mol. The summed E-state index contributed by atoms with van der Waals surface area (Å²) < 4.78 is 0. The first-order valence-electron chi connectivity index (χ1n) is 6.62. The van der Waals surface area contributed by atoms with E-state index < -0.39 is 0 Å². The molecule has 6 heteroatoms. The molecule has 0 aliphatic carbocycles. The van der Waals surface area contributed by atoms with E-state index in [2.05, 4.69) is 15.3 Å². The molecular formula is C16H12ClN3OS. The van der Waals surface area contributed by atoms with Crippen molar-refractivity contribution in [3.8, 4) is 10.7 Å². The van der Waals surface area contributed by atoms with Gasteiger partial charge in [0.1, 0.15) is 10.7 Å². The lowest BCUT2D eigenvalue weighted by Crippen LogP contribution is -2.23. The third-order valence-electron chi connectivity index (χ3n) is 2.99. The van der Waals surface area contributed by atoms with Gasteiger partial charge in [0.15, 0.2) is 0 Å². The van der Waals surface area contributed by atoms with E-state index in [9.17, 15) is 4.79 Å². The van der Waals surface area contributed by atoms with Crippen molar-refractivity contribution >= 4 is 28.8 Å². The molecule has 1 N–H and O–H groups in total. The van der Waals surface area contributed by atoms with Gasteiger partial charge in [-0.15, -0.1) is 11.3 Å². The van der Waals surface area contributed by atoms with Crippen molar-refractivity contribution in [1.82, 2.24) is 15.3 Å². The molecule has 0 fully saturated rings.